The Morgan fingerprint density at radius 3 is 1.56 bits per heavy atom. The van der Waals surface area contributed by atoms with E-state index in [0.29, 0.717) is 6.54 Å². The zero-order chi connectivity index (χ0) is 19.3. The van der Waals surface area contributed by atoms with Gasteiger partial charge >= 0.3 is 0 Å². The fraction of sp³-hybridized carbons (Fsp3) is 0.217. The van der Waals surface area contributed by atoms with Crippen LogP contribution in [0.25, 0.3) is 0 Å². The summed E-state index contributed by atoms with van der Waals surface area (Å²) < 4.78 is 15.5. The first-order valence-corrected chi connectivity index (χ1v) is 11.5. The first-order valence-electron chi connectivity index (χ1n) is 9.10. The van der Waals surface area contributed by atoms with Crippen molar-refractivity contribution in [3.63, 3.8) is 0 Å². The van der Waals surface area contributed by atoms with E-state index in [1.165, 1.54) is 16.2 Å². The van der Waals surface area contributed by atoms with E-state index < -0.39 is 19.1 Å². The molecule has 0 aliphatic carbocycles. The van der Waals surface area contributed by atoms with Crippen molar-refractivity contribution in [3.05, 3.63) is 96.6 Å². The van der Waals surface area contributed by atoms with Gasteiger partial charge in [0.05, 0.1) is 4.75 Å². The topological polar surface area (TPSA) is 20.3 Å². The standard InChI is InChI=1S/C23H26NOPS/c1-23(2,3)27(25)24(19-20-13-7-4-8-14-20)26(21-15-9-5-10-16-21)22-17-11-6-12-18-22/h4-18H,19H2,1-3H3. The van der Waals surface area contributed by atoms with Crippen LogP contribution in [-0.2, 0) is 17.5 Å². The number of rotatable bonds is 6. The van der Waals surface area contributed by atoms with Gasteiger partial charge in [-0.2, -0.15) is 4.08 Å². The summed E-state index contributed by atoms with van der Waals surface area (Å²) in [4.78, 5) is 0. The Morgan fingerprint density at radius 1 is 0.741 bits per heavy atom. The van der Waals surface area contributed by atoms with Crippen LogP contribution in [0.15, 0.2) is 91.0 Å². The van der Waals surface area contributed by atoms with Gasteiger partial charge in [-0.25, -0.2) is 4.21 Å². The summed E-state index contributed by atoms with van der Waals surface area (Å²) in [6.07, 6.45) is 0. The van der Waals surface area contributed by atoms with Crippen LogP contribution >= 0.6 is 8.07 Å². The summed E-state index contributed by atoms with van der Waals surface area (Å²) in [5, 5.41) is 2.43. The molecule has 3 aromatic rings. The molecule has 0 heterocycles. The van der Waals surface area contributed by atoms with Crippen molar-refractivity contribution in [3.8, 4) is 0 Å². The number of benzene rings is 3. The molecule has 0 bridgehead atoms. The quantitative estimate of drug-likeness (QED) is 0.538. The maximum atomic E-state index is 13.6. The SMILES string of the molecule is CC(C)(C)S(=O)N(Cc1ccccc1)P(c1ccccc1)c1ccccc1. The Kier molecular flexibility index (Phi) is 6.59. The zero-order valence-corrected chi connectivity index (χ0v) is 17.8. The van der Waals surface area contributed by atoms with Gasteiger partial charge in [0.2, 0.25) is 0 Å². The normalized spacial score (nSPS) is 13.1. The lowest BCUT2D eigenvalue weighted by molar-refractivity contribution is 0.585. The minimum Gasteiger partial charge on any atom is -0.242 e. The van der Waals surface area contributed by atoms with Crippen molar-refractivity contribution in [1.29, 1.82) is 0 Å². The van der Waals surface area contributed by atoms with E-state index in [4.69, 9.17) is 0 Å². The monoisotopic (exact) mass is 395 g/mol. The van der Waals surface area contributed by atoms with E-state index in [1.807, 2.05) is 51.1 Å². The molecule has 0 amide bonds. The van der Waals surface area contributed by atoms with Gasteiger partial charge in [0.15, 0.2) is 0 Å². The fourth-order valence-corrected chi connectivity index (χ4v) is 7.62. The van der Waals surface area contributed by atoms with E-state index in [1.54, 1.807) is 0 Å². The van der Waals surface area contributed by atoms with Gasteiger partial charge in [-0.3, -0.25) is 0 Å². The molecule has 0 fully saturated rings. The molecule has 27 heavy (non-hydrogen) atoms. The molecule has 3 aromatic carbocycles. The highest BCUT2D eigenvalue weighted by atomic mass is 32.2. The van der Waals surface area contributed by atoms with Crippen molar-refractivity contribution >= 4 is 29.7 Å². The summed E-state index contributed by atoms with van der Waals surface area (Å²) in [5.41, 5.74) is 1.18. The molecular weight excluding hydrogens is 369 g/mol. The molecule has 0 spiro atoms. The highest BCUT2D eigenvalue weighted by Crippen LogP contribution is 2.43. The first-order chi connectivity index (χ1) is 13.0. The van der Waals surface area contributed by atoms with Crippen LogP contribution in [0.3, 0.4) is 0 Å². The molecule has 0 N–H and O–H groups in total. The highest BCUT2D eigenvalue weighted by molar-refractivity contribution is 7.93. The lowest BCUT2D eigenvalue weighted by Gasteiger charge is -2.35. The van der Waals surface area contributed by atoms with Gasteiger partial charge in [-0.15, -0.1) is 0 Å². The number of nitrogens with zero attached hydrogens (tertiary/aromatic N) is 1. The Hall–Kier alpha value is -1.80. The predicted molar refractivity (Wildman–Crippen MR) is 119 cm³/mol. The highest BCUT2D eigenvalue weighted by Gasteiger charge is 2.33. The van der Waals surface area contributed by atoms with Crippen molar-refractivity contribution in [2.45, 2.75) is 32.1 Å². The van der Waals surface area contributed by atoms with E-state index in [0.717, 1.165) is 0 Å². The molecule has 1 atom stereocenters. The maximum absolute atomic E-state index is 13.6. The maximum Gasteiger partial charge on any atom is 0.104 e. The average Bonchev–Trinajstić information content (AvgIpc) is 2.69. The lowest BCUT2D eigenvalue weighted by atomic mass is 10.2. The van der Waals surface area contributed by atoms with Crippen molar-refractivity contribution < 1.29 is 4.21 Å². The molecule has 4 heteroatoms. The van der Waals surface area contributed by atoms with Crippen LogP contribution in [0.4, 0.5) is 0 Å². The Morgan fingerprint density at radius 2 is 1.15 bits per heavy atom. The van der Waals surface area contributed by atoms with E-state index >= 15 is 0 Å². The predicted octanol–water partition coefficient (Wildman–Crippen LogP) is 5.00. The average molecular weight is 396 g/mol. The fourth-order valence-electron chi connectivity index (χ4n) is 2.80. The van der Waals surface area contributed by atoms with Gasteiger partial charge in [0.1, 0.15) is 11.0 Å². The summed E-state index contributed by atoms with van der Waals surface area (Å²) in [7, 11) is -2.05. The Labute approximate surface area is 166 Å². The second-order valence-electron chi connectivity index (χ2n) is 7.34. The summed E-state index contributed by atoms with van der Waals surface area (Å²) in [6.45, 7) is 6.79. The van der Waals surface area contributed by atoms with Crippen molar-refractivity contribution in [2.24, 2.45) is 0 Å². The molecule has 0 aromatic heterocycles. The molecule has 3 rings (SSSR count). The summed E-state index contributed by atoms with van der Waals surface area (Å²) in [6, 6.07) is 31.2. The molecule has 0 radical (unpaired) electrons. The van der Waals surface area contributed by atoms with Crippen LogP contribution in [0.5, 0.6) is 0 Å². The molecule has 1 unspecified atom stereocenters. The second kappa shape index (κ2) is 8.93. The van der Waals surface area contributed by atoms with Crippen molar-refractivity contribution in [1.82, 2.24) is 4.08 Å². The van der Waals surface area contributed by atoms with Crippen LogP contribution in [0, 0.1) is 0 Å². The first kappa shape index (κ1) is 19.9. The minimum absolute atomic E-state index is 0.334. The van der Waals surface area contributed by atoms with Gasteiger partial charge in [0.25, 0.3) is 0 Å². The third-order valence-electron chi connectivity index (χ3n) is 4.10. The summed E-state index contributed by atoms with van der Waals surface area (Å²) >= 11 is 0. The van der Waals surface area contributed by atoms with Gasteiger partial charge in [-0.1, -0.05) is 91.0 Å². The largest absolute Gasteiger partial charge is 0.242 e. The molecule has 2 nitrogen and oxygen atoms in total. The molecule has 140 valence electrons. The second-order valence-corrected chi connectivity index (χ2v) is 11.9. The van der Waals surface area contributed by atoms with Gasteiger partial charge in [-0.05, 0) is 36.9 Å². The number of hydrogen-bond acceptors (Lipinski definition) is 1. The van der Waals surface area contributed by atoms with Gasteiger partial charge in [0, 0.05) is 14.6 Å². The summed E-state index contributed by atoms with van der Waals surface area (Å²) in [5.74, 6) is 0. The van der Waals surface area contributed by atoms with Crippen LogP contribution in [0.1, 0.15) is 26.3 Å². The van der Waals surface area contributed by atoms with E-state index in [-0.39, 0.29) is 4.75 Å². The van der Waals surface area contributed by atoms with Crippen LogP contribution < -0.4 is 10.6 Å². The van der Waals surface area contributed by atoms with Crippen LogP contribution in [0.2, 0.25) is 0 Å². The smallest absolute Gasteiger partial charge is 0.104 e. The lowest BCUT2D eigenvalue weighted by Crippen LogP contribution is -2.38. The third kappa shape index (κ3) is 5.13. The Bertz CT molecular complexity index is 824. The molecule has 0 aliphatic rings. The van der Waals surface area contributed by atoms with Gasteiger partial charge < -0.3 is 0 Å². The molecule has 0 saturated heterocycles. The third-order valence-corrected chi connectivity index (χ3v) is 8.76. The van der Waals surface area contributed by atoms with E-state index in [2.05, 4.69) is 64.7 Å². The molecule has 0 saturated carbocycles. The minimum atomic E-state index is -1.14. The van der Waals surface area contributed by atoms with Crippen LogP contribution in [-0.4, -0.2) is 13.0 Å². The zero-order valence-electron chi connectivity index (χ0n) is 16.1. The Balaban J connectivity index is 2.11. The number of hydrogen-bond donors (Lipinski definition) is 0. The molecular formula is C23H26NOPS. The molecule has 0 aliphatic heterocycles. The van der Waals surface area contributed by atoms with E-state index in [9.17, 15) is 4.21 Å². The van der Waals surface area contributed by atoms with Crippen molar-refractivity contribution in [2.75, 3.05) is 0 Å².